The normalized spacial score (nSPS) is 12.4. The van der Waals surface area contributed by atoms with Crippen LogP contribution in [0, 0.1) is 5.82 Å². The minimum absolute atomic E-state index is 0.00300. The summed E-state index contributed by atoms with van der Waals surface area (Å²) in [4.78, 5) is 0. The van der Waals surface area contributed by atoms with Gasteiger partial charge < -0.3 is 10.4 Å². The fourth-order valence-electron chi connectivity index (χ4n) is 1.86. The second-order valence-electron chi connectivity index (χ2n) is 4.28. The van der Waals surface area contributed by atoms with E-state index in [-0.39, 0.29) is 18.5 Å². The van der Waals surface area contributed by atoms with E-state index < -0.39 is 0 Å². The maximum atomic E-state index is 13.4. The molecule has 0 saturated heterocycles. The molecule has 0 radical (unpaired) electrons. The summed E-state index contributed by atoms with van der Waals surface area (Å²) < 4.78 is 13.8. The molecule has 0 aromatic heterocycles. The average Bonchev–Trinajstić information content (AvgIpc) is 2.44. The van der Waals surface area contributed by atoms with E-state index in [1.54, 1.807) is 6.07 Å². The SMILES string of the molecule is OC[C@@H](NCc1ccc(Br)c(F)c1)c1ccccc1. The first kappa shape index (κ1) is 14.2. The van der Waals surface area contributed by atoms with Gasteiger partial charge in [-0.15, -0.1) is 0 Å². The summed E-state index contributed by atoms with van der Waals surface area (Å²) in [5.41, 5.74) is 1.86. The Morgan fingerprint density at radius 2 is 1.89 bits per heavy atom. The highest BCUT2D eigenvalue weighted by Crippen LogP contribution is 2.17. The first-order valence-electron chi connectivity index (χ1n) is 6.04. The lowest BCUT2D eigenvalue weighted by molar-refractivity contribution is 0.243. The van der Waals surface area contributed by atoms with E-state index in [1.165, 1.54) is 6.07 Å². The van der Waals surface area contributed by atoms with Crippen LogP contribution in [0.1, 0.15) is 17.2 Å². The number of nitrogens with one attached hydrogen (secondary N) is 1. The van der Waals surface area contributed by atoms with Crippen LogP contribution in [0.2, 0.25) is 0 Å². The quantitative estimate of drug-likeness (QED) is 0.883. The Bertz CT molecular complexity index is 533. The number of aliphatic hydroxyl groups is 1. The van der Waals surface area contributed by atoms with Crippen molar-refractivity contribution in [3.05, 3.63) is 69.9 Å². The zero-order valence-electron chi connectivity index (χ0n) is 10.3. The number of rotatable bonds is 5. The topological polar surface area (TPSA) is 32.3 Å². The number of aliphatic hydroxyl groups excluding tert-OH is 1. The van der Waals surface area contributed by atoms with E-state index in [2.05, 4.69) is 21.2 Å². The standard InChI is InChI=1S/C15H15BrFNO/c16-13-7-6-11(8-14(13)17)9-18-15(10-19)12-4-2-1-3-5-12/h1-8,15,18-19H,9-10H2/t15-/m1/s1. The molecule has 0 bridgehead atoms. The van der Waals surface area contributed by atoms with E-state index >= 15 is 0 Å². The molecule has 4 heteroatoms. The predicted octanol–water partition coefficient (Wildman–Crippen LogP) is 3.41. The summed E-state index contributed by atoms with van der Waals surface area (Å²) in [5.74, 6) is -0.278. The summed E-state index contributed by atoms with van der Waals surface area (Å²) in [6.07, 6.45) is 0. The van der Waals surface area contributed by atoms with Gasteiger partial charge in [0.25, 0.3) is 0 Å². The monoisotopic (exact) mass is 323 g/mol. The van der Waals surface area contributed by atoms with Gasteiger partial charge in [0.05, 0.1) is 17.1 Å². The van der Waals surface area contributed by atoms with Gasteiger partial charge >= 0.3 is 0 Å². The zero-order chi connectivity index (χ0) is 13.7. The molecule has 0 fully saturated rings. The van der Waals surface area contributed by atoms with E-state index in [1.807, 2.05) is 36.4 Å². The van der Waals surface area contributed by atoms with E-state index in [4.69, 9.17) is 0 Å². The van der Waals surface area contributed by atoms with Crippen molar-refractivity contribution >= 4 is 15.9 Å². The largest absolute Gasteiger partial charge is 0.394 e. The smallest absolute Gasteiger partial charge is 0.137 e. The molecule has 0 spiro atoms. The summed E-state index contributed by atoms with van der Waals surface area (Å²) in [6.45, 7) is 0.507. The molecular weight excluding hydrogens is 309 g/mol. The molecule has 0 unspecified atom stereocenters. The lowest BCUT2D eigenvalue weighted by Gasteiger charge is -2.16. The maximum Gasteiger partial charge on any atom is 0.137 e. The van der Waals surface area contributed by atoms with Crippen molar-refractivity contribution in [2.24, 2.45) is 0 Å². The van der Waals surface area contributed by atoms with Crippen LogP contribution in [0.15, 0.2) is 53.0 Å². The van der Waals surface area contributed by atoms with Crippen molar-refractivity contribution < 1.29 is 9.50 Å². The second-order valence-corrected chi connectivity index (χ2v) is 5.13. The maximum absolute atomic E-state index is 13.4. The van der Waals surface area contributed by atoms with Gasteiger partial charge in [-0.3, -0.25) is 0 Å². The van der Waals surface area contributed by atoms with Gasteiger partial charge in [0.1, 0.15) is 5.82 Å². The molecule has 2 aromatic carbocycles. The summed E-state index contributed by atoms with van der Waals surface area (Å²) in [5, 5.41) is 12.6. The van der Waals surface area contributed by atoms with E-state index in [0.29, 0.717) is 11.0 Å². The van der Waals surface area contributed by atoms with Crippen molar-refractivity contribution in [3.8, 4) is 0 Å². The van der Waals surface area contributed by atoms with Crippen LogP contribution in [0.3, 0.4) is 0 Å². The summed E-state index contributed by atoms with van der Waals surface area (Å²) in [7, 11) is 0. The van der Waals surface area contributed by atoms with Gasteiger partial charge in [-0.1, -0.05) is 36.4 Å². The van der Waals surface area contributed by atoms with Gasteiger partial charge in [0, 0.05) is 6.54 Å². The van der Waals surface area contributed by atoms with Crippen molar-refractivity contribution in [1.82, 2.24) is 5.32 Å². The number of benzene rings is 2. The fraction of sp³-hybridized carbons (Fsp3) is 0.200. The number of hydrogen-bond acceptors (Lipinski definition) is 2. The van der Waals surface area contributed by atoms with Crippen molar-refractivity contribution in [3.63, 3.8) is 0 Å². The number of halogens is 2. The minimum Gasteiger partial charge on any atom is -0.394 e. The van der Waals surface area contributed by atoms with Crippen LogP contribution in [0.5, 0.6) is 0 Å². The van der Waals surface area contributed by atoms with Crippen molar-refractivity contribution in [1.29, 1.82) is 0 Å². The molecule has 0 aliphatic rings. The minimum atomic E-state index is -0.278. The molecule has 0 amide bonds. The highest BCUT2D eigenvalue weighted by molar-refractivity contribution is 9.10. The Morgan fingerprint density at radius 3 is 2.53 bits per heavy atom. The van der Waals surface area contributed by atoms with Gasteiger partial charge in [0.2, 0.25) is 0 Å². The molecule has 1 atom stereocenters. The van der Waals surface area contributed by atoms with Gasteiger partial charge in [0.15, 0.2) is 0 Å². The fourth-order valence-corrected chi connectivity index (χ4v) is 2.11. The molecule has 2 rings (SSSR count). The first-order chi connectivity index (χ1) is 9.20. The van der Waals surface area contributed by atoms with Crippen LogP contribution >= 0.6 is 15.9 Å². The molecular formula is C15H15BrFNO. The second kappa shape index (κ2) is 6.80. The van der Waals surface area contributed by atoms with Gasteiger partial charge in [-0.2, -0.15) is 0 Å². The molecule has 2 nitrogen and oxygen atoms in total. The third-order valence-corrected chi connectivity index (χ3v) is 3.56. The Labute approximate surface area is 120 Å². The van der Waals surface area contributed by atoms with Crippen LogP contribution in [0.25, 0.3) is 0 Å². The van der Waals surface area contributed by atoms with Crippen molar-refractivity contribution in [2.75, 3.05) is 6.61 Å². The predicted molar refractivity (Wildman–Crippen MR) is 77.2 cm³/mol. The first-order valence-corrected chi connectivity index (χ1v) is 6.83. The molecule has 100 valence electrons. The van der Waals surface area contributed by atoms with Crippen molar-refractivity contribution in [2.45, 2.75) is 12.6 Å². The molecule has 0 saturated carbocycles. The molecule has 0 aliphatic heterocycles. The third-order valence-electron chi connectivity index (χ3n) is 2.92. The molecule has 19 heavy (non-hydrogen) atoms. The molecule has 2 aromatic rings. The van der Waals surface area contributed by atoms with Crippen LogP contribution < -0.4 is 5.32 Å². The lowest BCUT2D eigenvalue weighted by atomic mass is 10.1. The van der Waals surface area contributed by atoms with Crippen LogP contribution in [-0.4, -0.2) is 11.7 Å². The third kappa shape index (κ3) is 3.86. The molecule has 2 N–H and O–H groups in total. The average molecular weight is 324 g/mol. The highest BCUT2D eigenvalue weighted by Gasteiger charge is 2.09. The Kier molecular flexibility index (Phi) is 5.07. The molecule has 0 heterocycles. The Morgan fingerprint density at radius 1 is 1.16 bits per heavy atom. The van der Waals surface area contributed by atoms with Gasteiger partial charge in [-0.25, -0.2) is 4.39 Å². The molecule has 0 aliphatic carbocycles. The Balaban J connectivity index is 2.02. The van der Waals surface area contributed by atoms with Crippen LogP contribution in [0.4, 0.5) is 4.39 Å². The van der Waals surface area contributed by atoms with Crippen LogP contribution in [-0.2, 0) is 6.54 Å². The highest BCUT2D eigenvalue weighted by atomic mass is 79.9. The van der Waals surface area contributed by atoms with Gasteiger partial charge in [-0.05, 0) is 39.2 Å². The van der Waals surface area contributed by atoms with E-state index in [0.717, 1.165) is 11.1 Å². The Hall–Kier alpha value is -1.23. The number of hydrogen-bond donors (Lipinski definition) is 2. The van der Waals surface area contributed by atoms with E-state index in [9.17, 15) is 9.50 Å². The summed E-state index contributed by atoms with van der Waals surface area (Å²) in [6, 6.07) is 14.6. The lowest BCUT2D eigenvalue weighted by Crippen LogP contribution is -2.23. The summed E-state index contributed by atoms with van der Waals surface area (Å²) >= 11 is 3.12. The zero-order valence-corrected chi connectivity index (χ0v) is 11.9.